The fourth-order valence-corrected chi connectivity index (χ4v) is 8.23. The van der Waals surface area contributed by atoms with Gasteiger partial charge in [0.15, 0.2) is 0 Å². The second kappa shape index (κ2) is 49.3. The zero-order valence-electron chi connectivity index (χ0n) is 39.7. The summed E-state index contributed by atoms with van der Waals surface area (Å²) in [6, 6.07) is -0.578. The van der Waals surface area contributed by atoms with Gasteiger partial charge in [-0.1, -0.05) is 244 Å². The molecular weight excluding hydrogens is 731 g/mol. The minimum atomic E-state index is -0.694. The summed E-state index contributed by atoms with van der Waals surface area (Å²) in [5, 5.41) is 23.2. The number of hydrogen-bond donors (Lipinski definition) is 3. The van der Waals surface area contributed by atoms with E-state index in [0.717, 1.165) is 70.6 Å². The van der Waals surface area contributed by atoms with Gasteiger partial charge in [-0.3, -0.25) is 9.59 Å². The number of aliphatic hydroxyl groups excluding tert-OH is 2. The van der Waals surface area contributed by atoms with Gasteiger partial charge in [0.2, 0.25) is 5.91 Å². The monoisotopic (exact) mass is 834 g/mol. The van der Waals surface area contributed by atoms with E-state index in [-0.39, 0.29) is 18.5 Å². The molecule has 350 valence electrons. The number of unbranched alkanes of at least 4 members (excludes halogenated alkanes) is 36. The summed E-state index contributed by atoms with van der Waals surface area (Å²) in [7, 11) is 0. The molecule has 0 aromatic rings. The van der Waals surface area contributed by atoms with Gasteiger partial charge in [-0.2, -0.15) is 0 Å². The Bertz CT molecular complexity index is 878. The molecule has 6 nitrogen and oxygen atoms in total. The van der Waals surface area contributed by atoms with E-state index in [9.17, 15) is 19.8 Å². The van der Waals surface area contributed by atoms with Crippen molar-refractivity contribution in [3.8, 4) is 0 Å². The van der Waals surface area contributed by atoms with Gasteiger partial charge in [0, 0.05) is 12.8 Å². The predicted octanol–water partition coefficient (Wildman–Crippen LogP) is 15.7. The van der Waals surface area contributed by atoms with Gasteiger partial charge < -0.3 is 20.3 Å². The summed E-state index contributed by atoms with van der Waals surface area (Å²) in [4.78, 5) is 24.5. The minimum Gasteiger partial charge on any atom is -0.466 e. The van der Waals surface area contributed by atoms with E-state index in [1.165, 1.54) is 186 Å². The van der Waals surface area contributed by atoms with Gasteiger partial charge >= 0.3 is 5.97 Å². The van der Waals surface area contributed by atoms with Crippen LogP contribution in [0.1, 0.15) is 290 Å². The average Bonchev–Trinajstić information content (AvgIpc) is 3.24. The number of carbonyl (C=O) groups excluding carboxylic acids is 2. The normalized spacial score (nSPS) is 12.7. The summed E-state index contributed by atoms with van der Waals surface area (Å²) in [6.07, 6.45) is 56.2. The molecule has 0 bridgehead atoms. The zero-order chi connectivity index (χ0) is 43.0. The van der Waals surface area contributed by atoms with E-state index < -0.39 is 12.1 Å². The molecule has 0 saturated carbocycles. The van der Waals surface area contributed by atoms with Crippen LogP contribution in [-0.2, 0) is 14.3 Å². The Morgan fingerprint density at radius 2 is 0.814 bits per heavy atom. The van der Waals surface area contributed by atoms with Crippen LogP contribution in [0, 0.1) is 0 Å². The highest BCUT2D eigenvalue weighted by Crippen LogP contribution is 2.17. The molecule has 59 heavy (non-hydrogen) atoms. The molecule has 0 aliphatic heterocycles. The van der Waals surface area contributed by atoms with Gasteiger partial charge in [0.1, 0.15) is 0 Å². The van der Waals surface area contributed by atoms with Gasteiger partial charge in [-0.25, -0.2) is 0 Å². The lowest BCUT2D eigenvalue weighted by Gasteiger charge is -2.22. The van der Waals surface area contributed by atoms with Crippen LogP contribution in [0.3, 0.4) is 0 Å². The summed E-state index contributed by atoms with van der Waals surface area (Å²) in [5.41, 5.74) is 0. The van der Waals surface area contributed by atoms with Crippen LogP contribution in [0.15, 0.2) is 12.2 Å². The van der Waals surface area contributed by atoms with Crippen LogP contribution >= 0.6 is 0 Å². The van der Waals surface area contributed by atoms with E-state index in [1.807, 2.05) is 0 Å². The van der Waals surface area contributed by atoms with Crippen LogP contribution in [-0.4, -0.2) is 47.4 Å². The molecule has 2 unspecified atom stereocenters. The van der Waals surface area contributed by atoms with E-state index >= 15 is 0 Å². The molecular formula is C53H103NO5. The molecule has 0 aliphatic carbocycles. The fourth-order valence-electron chi connectivity index (χ4n) is 8.23. The van der Waals surface area contributed by atoms with Crippen molar-refractivity contribution in [2.75, 3.05) is 13.2 Å². The van der Waals surface area contributed by atoms with Gasteiger partial charge in [0.05, 0.1) is 25.4 Å². The minimum absolute atomic E-state index is 0.0327. The van der Waals surface area contributed by atoms with Crippen LogP contribution in [0.2, 0.25) is 0 Å². The maximum atomic E-state index is 12.4. The first-order chi connectivity index (χ1) is 29.0. The number of amides is 1. The van der Waals surface area contributed by atoms with Crippen molar-refractivity contribution in [2.45, 2.75) is 302 Å². The van der Waals surface area contributed by atoms with Crippen LogP contribution in [0.5, 0.6) is 0 Å². The SMILES string of the molecule is CCCCCCCCCCCCCCCCCCCCCC(O)C(CO)NC(=O)CCC/C=C\CCCCCCOC(=O)CCCCCCCCCCCCCCCC. The maximum Gasteiger partial charge on any atom is 0.305 e. The molecule has 1 amide bonds. The first kappa shape index (κ1) is 57.6. The van der Waals surface area contributed by atoms with E-state index in [1.54, 1.807) is 0 Å². The van der Waals surface area contributed by atoms with E-state index in [2.05, 4.69) is 31.3 Å². The molecule has 0 radical (unpaired) electrons. The second-order valence-corrected chi connectivity index (χ2v) is 18.2. The Morgan fingerprint density at radius 1 is 0.458 bits per heavy atom. The van der Waals surface area contributed by atoms with E-state index in [0.29, 0.717) is 25.9 Å². The highest BCUT2D eigenvalue weighted by Gasteiger charge is 2.20. The van der Waals surface area contributed by atoms with Crippen molar-refractivity contribution in [1.29, 1.82) is 0 Å². The topological polar surface area (TPSA) is 95.9 Å². The van der Waals surface area contributed by atoms with Gasteiger partial charge in [-0.05, 0) is 44.9 Å². The van der Waals surface area contributed by atoms with Crippen LogP contribution < -0.4 is 5.32 Å². The third-order valence-electron chi connectivity index (χ3n) is 12.3. The number of esters is 1. The lowest BCUT2D eigenvalue weighted by atomic mass is 10.0. The molecule has 6 heteroatoms. The lowest BCUT2D eigenvalue weighted by molar-refractivity contribution is -0.143. The van der Waals surface area contributed by atoms with Gasteiger partial charge in [-0.15, -0.1) is 0 Å². The van der Waals surface area contributed by atoms with Crippen molar-refractivity contribution < 1.29 is 24.5 Å². The number of carbonyl (C=O) groups is 2. The third-order valence-corrected chi connectivity index (χ3v) is 12.3. The lowest BCUT2D eigenvalue weighted by Crippen LogP contribution is -2.45. The standard InChI is InChI=1S/C53H103NO5/c1-3-5-7-9-11-13-15-17-19-20-21-22-23-24-26-29-33-37-41-45-51(56)50(49-55)54-52(57)46-42-38-34-30-28-32-36-40-44-48-59-53(58)47-43-39-35-31-27-25-18-16-14-12-10-8-6-4-2/h30,34,50-51,55-56H,3-29,31-33,35-49H2,1-2H3,(H,54,57)/b34-30-. The Balaban J connectivity index is 3.52. The average molecular weight is 834 g/mol. The predicted molar refractivity (Wildman–Crippen MR) is 255 cm³/mol. The Labute approximate surface area is 368 Å². The van der Waals surface area contributed by atoms with Crippen molar-refractivity contribution in [3.63, 3.8) is 0 Å². The second-order valence-electron chi connectivity index (χ2n) is 18.2. The van der Waals surface area contributed by atoms with Crippen molar-refractivity contribution in [2.24, 2.45) is 0 Å². The molecule has 0 aliphatic rings. The zero-order valence-corrected chi connectivity index (χ0v) is 39.7. The number of ether oxygens (including phenoxy) is 1. The summed E-state index contributed by atoms with van der Waals surface area (Å²) in [6.45, 7) is 4.88. The van der Waals surface area contributed by atoms with Crippen molar-refractivity contribution in [3.05, 3.63) is 12.2 Å². The molecule has 3 N–H and O–H groups in total. The van der Waals surface area contributed by atoms with Gasteiger partial charge in [0.25, 0.3) is 0 Å². The van der Waals surface area contributed by atoms with Crippen LogP contribution in [0.4, 0.5) is 0 Å². The Morgan fingerprint density at radius 3 is 1.24 bits per heavy atom. The molecule has 0 fully saturated rings. The Hall–Kier alpha value is -1.40. The van der Waals surface area contributed by atoms with Crippen molar-refractivity contribution in [1.82, 2.24) is 5.32 Å². The molecule has 0 spiro atoms. The number of rotatable bonds is 49. The number of hydrogen-bond acceptors (Lipinski definition) is 5. The van der Waals surface area contributed by atoms with Crippen molar-refractivity contribution >= 4 is 11.9 Å². The summed E-state index contributed by atoms with van der Waals surface area (Å²) in [5.74, 6) is -0.125. The molecule has 0 rings (SSSR count). The Kier molecular flexibility index (Phi) is 48.1. The molecule has 0 aromatic heterocycles. The summed E-state index contributed by atoms with van der Waals surface area (Å²) < 4.78 is 5.44. The summed E-state index contributed by atoms with van der Waals surface area (Å²) >= 11 is 0. The molecule has 0 aromatic carbocycles. The first-order valence-corrected chi connectivity index (χ1v) is 26.4. The molecule has 2 atom stereocenters. The first-order valence-electron chi connectivity index (χ1n) is 26.4. The molecule has 0 heterocycles. The quantitative estimate of drug-likeness (QED) is 0.0322. The number of aliphatic hydroxyl groups is 2. The third kappa shape index (κ3) is 45.9. The fraction of sp³-hybridized carbons (Fsp3) is 0.925. The number of allylic oxidation sites excluding steroid dienone is 2. The number of nitrogens with one attached hydrogen (secondary N) is 1. The van der Waals surface area contributed by atoms with Crippen LogP contribution in [0.25, 0.3) is 0 Å². The largest absolute Gasteiger partial charge is 0.466 e. The maximum absolute atomic E-state index is 12.4. The smallest absolute Gasteiger partial charge is 0.305 e. The van der Waals surface area contributed by atoms with E-state index in [4.69, 9.17) is 4.74 Å². The highest BCUT2D eigenvalue weighted by atomic mass is 16.5. The molecule has 0 saturated heterocycles. The highest BCUT2D eigenvalue weighted by molar-refractivity contribution is 5.76.